The Bertz CT molecular complexity index is 1120. The molecule has 1 unspecified atom stereocenters. The Morgan fingerprint density at radius 3 is 2.12 bits per heavy atom. The molecule has 1 N–H and O–H groups in total. The Labute approximate surface area is 249 Å². The molecule has 13 heteroatoms. The van der Waals surface area contributed by atoms with Crippen molar-refractivity contribution in [3.63, 3.8) is 0 Å². The molecule has 1 aliphatic heterocycles. The lowest BCUT2D eigenvalue weighted by molar-refractivity contribution is -0.0212. The second-order valence-corrected chi connectivity index (χ2v) is 12.2. The third-order valence-corrected chi connectivity index (χ3v) is 8.40. The van der Waals surface area contributed by atoms with Gasteiger partial charge in [-0.15, -0.1) is 4.52 Å². The number of aromatic amines is 1. The lowest BCUT2D eigenvalue weighted by Crippen LogP contribution is -2.33. The minimum absolute atomic E-state index is 0.143. The number of H-pyrrole nitrogens is 1. The highest BCUT2D eigenvalue weighted by molar-refractivity contribution is 7.58. The normalized spacial score (nSPS) is 18.5. The van der Waals surface area contributed by atoms with Crippen LogP contribution < -0.4 is 11.2 Å². The van der Waals surface area contributed by atoms with E-state index in [-0.39, 0.29) is 19.6 Å². The highest BCUT2D eigenvalue weighted by Crippen LogP contribution is 2.33. The van der Waals surface area contributed by atoms with Gasteiger partial charge in [0.25, 0.3) is 5.56 Å². The average Bonchev–Trinajstić information content (AvgIpc) is 3.37. The van der Waals surface area contributed by atoms with Crippen LogP contribution in [-0.4, -0.2) is 40.6 Å². The van der Waals surface area contributed by atoms with Gasteiger partial charge in [0.2, 0.25) is 0 Å². The molecule has 2 heterocycles. The molecule has 236 valence electrons. The van der Waals surface area contributed by atoms with Gasteiger partial charge in [0, 0.05) is 23.1 Å². The first-order valence-electron chi connectivity index (χ1n) is 15.7. The highest BCUT2D eigenvalue weighted by Gasteiger charge is 2.41. The van der Waals surface area contributed by atoms with Gasteiger partial charge in [0.1, 0.15) is 12.8 Å². The van der Waals surface area contributed by atoms with E-state index in [9.17, 15) is 18.9 Å². The molecule has 0 radical (unpaired) electrons. The molecule has 1 aromatic rings. The van der Waals surface area contributed by atoms with Crippen LogP contribution in [0.25, 0.3) is 10.4 Å². The number of carbonyl (C=O) groups excluding carboxylic acids is 1. The Kier molecular flexibility index (Phi) is 18.0. The van der Waals surface area contributed by atoms with Crippen molar-refractivity contribution in [2.45, 2.75) is 141 Å². The number of ether oxygens (including phenoxy) is 2. The molecule has 1 fully saturated rings. The van der Waals surface area contributed by atoms with Crippen LogP contribution in [0.2, 0.25) is 0 Å². The van der Waals surface area contributed by atoms with Crippen LogP contribution in [0, 0.1) is 6.92 Å². The van der Waals surface area contributed by atoms with E-state index in [4.69, 9.17) is 19.5 Å². The van der Waals surface area contributed by atoms with E-state index in [0.29, 0.717) is 12.0 Å². The molecule has 0 spiro atoms. The standard InChI is InChI=1S/C29H48N5O7P/c1-3-4-5-6-7-8-9-10-11-12-13-14-15-16-17-18-19-39-29(37)42(38)40-22-25-24(32-33-30)20-26(41-25)34-21-23(2)27(35)31-28(34)36/h21,24-26H,3-20,22H2,1-2H3/p+1/t24-,25+,26+/m0/s1. The maximum Gasteiger partial charge on any atom is 0.636 e. The molecule has 0 bridgehead atoms. The Balaban J connectivity index is 1.53. The van der Waals surface area contributed by atoms with Crippen LogP contribution >= 0.6 is 8.03 Å². The van der Waals surface area contributed by atoms with Crippen molar-refractivity contribution in [2.75, 3.05) is 13.2 Å². The van der Waals surface area contributed by atoms with E-state index >= 15 is 0 Å². The molecule has 1 aromatic heterocycles. The maximum absolute atomic E-state index is 12.3. The maximum atomic E-state index is 12.3. The summed E-state index contributed by atoms with van der Waals surface area (Å²) in [5.41, 5.74) is 7.10. The van der Waals surface area contributed by atoms with Crippen LogP contribution in [0.15, 0.2) is 20.9 Å². The van der Waals surface area contributed by atoms with Crippen LogP contribution in [0.4, 0.5) is 4.79 Å². The zero-order chi connectivity index (χ0) is 30.6. The number of nitrogens with zero attached hydrogens (tertiary/aromatic N) is 4. The summed E-state index contributed by atoms with van der Waals surface area (Å²) >= 11 is 0. The molecule has 2 rings (SSSR count). The quantitative estimate of drug-likeness (QED) is 0.0431. The average molecular weight is 611 g/mol. The molecule has 1 saturated heterocycles. The third kappa shape index (κ3) is 13.6. The van der Waals surface area contributed by atoms with Crippen molar-refractivity contribution in [2.24, 2.45) is 5.11 Å². The Hall–Kier alpha value is -2.52. The Morgan fingerprint density at radius 2 is 1.57 bits per heavy atom. The number of aromatic nitrogens is 2. The molecular formula is C29H49N5O7P+. The summed E-state index contributed by atoms with van der Waals surface area (Å²) in [6.07, 6.45) is 19.8. The van der Waals surface area contributed by atoms with Crippen molar-refractivity contribution in [3.05, 3.63) is 43.0 Å². The fourth-order valence-corrected chi connectivity index (χ4v) is 5.66. The Morgan fingerprint density at radius 1 is 1.02 bits per heavy atom. The van der Waals surface area contributed by atoms with Gasteiger partial charge in [-0.25, -0.2) is 4.79 Å². The van der Waals surface area contributed by atoms with Crippen LogP contribution in [0.1, 0.15) is 128 Å². The largest absolute Gasteiger partial charge is 0.636 e. The van der Waals surface area contributed by atoms with Gasteiger partial charge < -0.3 is 9.47 Å². The summed E-state index contributed by atoms with van der Waals surface area (Å²) < 4.78 is 29.5. The number of azide groups is 1. The van der Waals surface area contributed by atoms with Gasteiger partial charge in [-0.2, -0.15) is 4.79 Å². The van der Waals surface area contributed by atoms with Gasteiger partial charge >= 0.3 is 19.4 Å². The van der Waals surface area contributed by atoms with E-state index in [1.807, 2.05) is 0 Å². The molecule has 0 saturated carbocycles. The number of carbonyl (C=O) groups is 1. The molecule has 0 amide bonds. The zero-order valence-electron chi connectivity index (χ0n) is 25.3. The number of nitrogens with one attached hydrogen (secondary N) is 1. The minimum Gasteiger partial charge on any atom is -0.425 e. The molecule has 12 nitrogen and oxygen atoms in total. The second kappa shape index (κ2) is 21.2. The van der Waals surface area contributed by atoms with Crippen molar-refractivity contribution in [3.8, 4) is 0 Å². The summed E-state index contributed by atoms with van der Waals surface area (Å²) in [6, 6.07) is -0.719. The van der Waals surface area contributed by atoms with Crippen molar-refractivity contribution in [1.29, 1.82) is 0 Å². The summed E-state index contributed by atoms with van der Waals surface area (Å²) in [7, 11) is -2.76. The minimum atomic E-state index is -2.76. The lowest BCUT2D eigenvalue weighted by Gasteiger charge is -2.14. The molecule has 4 atom stereocenters. The molecule has 0 aromatic carbocycles. The van der Waals surface area contributed by atoms with E-state index in [0.717, 1.165) is 12.8 Å². The fourth-order valence-electron chi connectivity index (χ4n) is 5.08. The molecular weight excluding hydrogens is 561 g/mol. The number of hydrogen-bond donors (Lipinski definition) is 1. The predicted molar refractivity (Wildman–Crippen MR) is 162 cm³/mol. The van der Waals surface area contributed by atoms with Gasteiger partial charge in [0.15, 0.2) is 0 Å². The summed E-state index contributed by atoms with van der Waals surface area (Å²) in [5, 5.41) is 3.68. The molecule has 42 heavy (non-hydrogen) atoms. The van der Waals surface area contributed by atoms with Crippen molar-refractivity contribution >= 4 is 13.7 Å². The van der Waals surface area contributed by atoms with Crippen LogP contribution in [0.3, 0.4) is 0 Å². The summed E-state index contributed by atoms with van der Waals surface area (Å²) in [4.78, 5) is 40.9. The fraction of sp³-hybridized carbons (Fsp3) is 0.828. The first kappa shape index (κ1) is 35.7. The van der Waals surface area contributed by atoms with Crippen LogP contribution in [0.5, 0.6) is 0 Å². The van der Waals surface area contributed by atoms with Crippen molar-refractivity contribution < 1.29 is 23.4 Å². The van der Waals surface area contributed by atoms with E-state index < -0.39 is 43.4 Å². The van der Waals surface area contributed by atoms with Crippen LogP contribution in [-0.2, 0) is 18.6 Å². The second-order valence-electron chi connectivity index (χ2n) is 11.1. The van der Waals surface area contributed by atoms with E-state index in [1.165, 1.54) is 94.2 Å². The monoisotopic (exact) mass is 610 g/mol. The van der Waals surface area contributed by atoms with E-state index in [2.05, 4.69) is 21.9 Å². The lowest BCUT2D eigenvalue weighted by atomic mass is 10.0. The number of unbranched alkanes of at least 4 members (excludes halogenated alkanes) is 15. The number of hydrogen-bond acceptors (Lipinski definition) is 8. The van der Waals surface area contributed by atoms with Gasteiger partial charge in [0.05, 0.1) is 18.8 Å². The first-order valence-corrected chi connectivity index (χ1v) is 16.8. The van der Waals surface area contributed by atoms with Gasteiger partial charge in [-0.05, 0) is 23.4 Å². The van der Waals surface area contributed by atoms with Gasteiger partial charge in [-0.3, -0.25) is 14.3 Å². The SMILES string of the molecule is CCCCCCCCCCCCCCCCCCOC(=O)[P+](=O)OC[C@H]1O[C@@H](n2cc(C)c(=O)[nH]c2=O)C[C@@H]1N=[N+]=[N-]. The molecule has 0 aliphatic carbocycles. The smallest absolute Gasteiger partial charge is 0.425 e. The first-order chi connectivity index (χ1) is 20.4. The third-order valence-electron chi connectivity index (χ3n) is 7.59. The van der Waals surface area contributed by atoms with Crippen molar-refractivity contribution in [1.82, 2.24) is 9.55 Å². The summed E-state index contributed by atoms with van der Waals surface area (Å²) in [6.45, 7) is 3.69. The topological polar surface area (TPSA) is 165 Å². The number of rotatable bonds is 23. The zero-order valence-corrected chi connectivity index (χ0v) is 26.2. The van der Waals surface area contributed by atoms with E-state index in [1.54, 1.807) is 6.92 Å². The predicted octanol–water partition coefficient (Wildman–Crippen LogP) is 7.97. The summed E-state index contributed by atoms with van der Waals surface area (Å²) in [5.74, 6) is 0. The number of aryl methyl sites for hydroxylation is 1. The van der Waals surface area contributed by atoms with Gasteiger partial charge in [-0.1, -0.05) is 108 Å². The highest BCUT2D eigenvalue weighted by atomic mass is 31.1. The molecule has 1 aliphatic rings.